The predicted molar refractivity (Wildman–Crippen MR) is 78.0 cm³/mol. The first-order valence-electron chi connectivity index (χ1n) is 6.53. The number of nitrogens with one attached hydrogen (secondary N) is 1. The van der Waals surface area contributed by atoms with E-state index in [1.165, 1.54) is 12.1 Å². The molecule has 0 amide bonds. The van der Waals surface area contributed by atoms with E-state index in [2.05, 4.69) is 9.82 Å². The van der Waals surface area contributed by atoms with Gasteiger partial charge >= 0.3 is 0 Å². The highest BCUT2D eigenvalue weighted by Gasteiger charge is 2.19. The third kappa shape index (κ3) is 3.68. The van der Waals surface area contributed by atoms with Crippen LogP contribution in [-0.2, 0) is 23.5 Å². The van der Waals surface area contributed by atoms with Crippen LogP contribution in [0.4, 0.5) is 4.39 Å². The van der Waals surface area contributed by atoms with Gasteiger partial charge in [0.15, 0.2) is 0 Å². The van der Waals surface area contributed by atoms with Crippen LogP contribution < -0.4 is 4.72 Å². The van der Waals surface area contributed by atoms with Gasteiger partial charge < -0.3 is 0 Å². The van der Waals surface area contributed by atoms with Gasteiger partial charge in [0, 0.05) is 19.8 Å². The topological polar surface area (TPSA) is 64.0 Å². The molecule has 0 saturated carbocycles. The molecule has 0 atom stereocenters. The third-order valence-electron chi connectivity index (χ3n) is 3.16. The van der Waals surface area contributed by atoms with Gasteiger partial charge in [0.2, 0.25) is 10.0 Å². The summed E-state index contributed by atoms with van der Waals surface area (Å²) in [6, 6.07) is 2.45. The van der Waals surface area contributed by atoms with Crippen LogP contribution in [0.25, 0.3) is 0 Å². The smallest absolute Gasteiger partial charge is 0.241 e. The molecule has 2 rings (SSSR count). The second-order valence-corrected chi connectivity index (χ2v) is 6.74. The van der Waals surface area contributed by atoms with Crippen LogP contribution in [-0.4, -0.2) is 24.7 Å². The first kappa shape index (κ1) is 15.7. The van der Waals surface area contributed by atoms with E-state index >= 15 is 0 Å². The SMILES string of the molecule is Cc1cc(F)cc(C)c1S(=O)(=O)NCCc1cnn(C)c1. The van der Waals surface area contributed by atoms with Crippen molar-refractivity contribution in [3.63, 3.8) is 0 Å². The molecular formula is C14H18FN3O2S. The Bertz CT molecular complexity index is 730. The zero-order valence-electron chi connectivity index (χ0n) is 12.2. The van der Waals surface area contributed by atoms with Crippen LogP contribution in [0.1, 0.15) is 16.7 Å². The van der Waals surface area contributed by atoms with Crippen molar-refractivity contribution >= 4 is 10.0 Å². The number of benzene rings is 1. The maximum atomic E-state index is 13.2. The highest BCUT2D eigenvalue weighted by atomic mass is 32.2. The van der Waals surface area contributed by atoms with Gasteiger partial charge in [-0.05, 0) is 49.1 Å². The van der Waals surface area contributed by atoms with Crippen LogP contribution in [0.15, 0.2) is 29.4 Å². The Morgan fingerprint density at radius 3 is 2.43 bits per heavy atom. The molecule has 1 N–H and O–H groups in total. The highest BCUT2D eigenvalue weighted by Crippen LogP contribution is 2.21. The Labute approximate surface area is 123 Å². The molecule has 7 heteroatoms. The maximum absolute atomic E-state index is 13.2. The standard InChI is InChI=1S/C14H18FN3O2S/c1-10-6-13(15)7-11(2)14(10)21(19,20)17-5-4-12-8-16-18(3)9-12/h6-9,17H,4-5H2,1-3H3. The van der Waals surface area contributed by atoms with Crippen molar-refractivity contribution in [1.82, 2.24) is 14.5 Å². The summed E-state index contributed by atoms with van der Waals surface area (Å²) in [5, 5.41) is 4.03. The number of aromatic nitrogens is 2. The zero-order chi connectivity index (χ0) is 15.6. The molecule has 0 unspecified atom stereocenters. The second kappa shape index (κ2) is 5.95. The van der Waals surface area contributed by atoms with E-state index in [-0.39, 0.29) is 11.4 Å². The van der Waals surface area contributed by atoms with E-state index in [1.807, 2.05) is 6.20 Å². The average Bonchev–Trinajstić information content (AvgIpc) is 2.72. The Morgan fingerprint density at radius 2 is 1.90 bits per heavy atom. The number of hydrogen-bond donors (Lipinski definition) is 1. The largest absolute Gasteiger partial charge is 0.276 e. The van der Waals surface area contributed by atoms with Gasteiger partial charge in [0.25, 0.3) is 0 Å². The molecule has 0 aliphatic carbocycles. The second-order valence-electron chi connectivity index (χ2n) is 5.04. The monoisotopic (exact) mass is 311 g/mol. The summed E-state index contributed by atoms with van der Waals surface area (Å²) in [5.41, 5.74) is 1.76. The minimum absolute atomic E-state index is 0.148. The molecule has 114 valence electrons. The molecule has 0 bridgehead atoms. The van der Waals surface area contributed by atoms with Gasteiger partial charge in [-0.2, -0.15) is 5.10 Å². The Hall–Kier alpha value is -1.73. The van der Waals surface area contributed by atoms with Crippen molar-refractivity contribution in [1.29, 1.82) is 0 Å². The molecule has 0 saturated heterocycles. The number of nitrogens with zero attached hydrogens (tertiary/aromatic N) is 2. The van der Waals surface area contributed by atoms with Gasteiger partial charge in [0.05, 0.1) is 11.1 Å². The molecule has 1 heterocycles. The van der Waals surface area contributed by atoms with Gasteiger partial charge in [-0.1, -0.05) is 0 Å². The molecule has 1 aromatic carbocycles. The fourth-order valence-electron chi connectivity index (χ4n) is 2.32. The van der Waals surface area contributed by atoms with Gasteiger partial charge in [-0.25, -0.2) is 17.5 Å². The summed E-state index contributed by atoms with van der Waals surface area (Å²) in [7, 11) is -1.84. The molecular weight excluding hydrogens is 293 g/mol. The molecule has 5 nitrogen and oxygen atoms in total. The molecule has 0 aliphatic heterocycles. The minimum Gasteiger partial charge on any atom is -0.276 e. The van der Waals surface area contributed by atoms with Crippen molar-refractivity contribution in [3.05, 3.63) is 47.0 Å². The highest BCUT2D eigenvalue weighted by molar-refractivity contribution is 7.89. The lowest BCUT2D eigenvalue weighted by Gasteiger charge is -2.12. The first-order valence-corrected chi connectivity index (χ1v) is 8.02. The normalized spacial score (nSPS) is 11.8. The number of sulfonamides is 1. The van der Waals surface area contributed by atoms with Crippen LogP contribution in [0.2, 0.25) is 0 Å². The summed E-state index contributed by atoms with van der Waals surface area (Å²) in [5.74, 6) is -0.431. The molecule has 21 heavy (non-hydrogen) atoms. The molecule has 0 fully saturated rings. The van der Waals surface area contributed by atoms with E-state index in [4.69, 9.17) is 0 Å². The quantitative estimate of drug-likeness (QED) is 0.914. The summed E-state index contributed by atoms with van der Waals surface area (Å²) >= 11 is 0. The van der Waals surface area contributed by atoms with E-state index in [1.54, 1.807) is 31.8 Å². The van der Waals surface area contributed by atoms with Crippen molar-refractivity contribution < 1.29 is 12.8 Å². The number of hydrogen-bond acceptors (Lipinski definition) is 3. The molecule has 0 aliphatic rings. The number of aryl methyl sites for hydroxylation is 3. The maximum Gasteiger partial charge on any atom is 0.241 e. The Balaban J connectivity index is 2.12. The lowest BCUT2D eigenvalue weighted by molar-refractivity contribution is 0.579. The van der Waals surface area contributed by atoms with E-state index < -0.39 is 15.8 Å². The van der Waals surface area contributed by atoms with Crippen LogP contribution in [0, 0.1) is 19.7 Å². The fourth-order valence-corrected chi connectivity index (χ4v) is 3.80. The lowest BCUT2D eigenvalue weighted by Crippen LogP contribution is -2.27. The van der Waals surface area contributed by atoms with Crippen LogP contribution >= 0.6 is 0 Å². The van der Waals surface area contributed by atoms with Crippen molar-refractivity contribution in [3.8, 4) is 0 Å². The number of rotatable bonds is 5. The first-order chi connectivity index (χ1) is 9.79. The van der Waals surface area contributed by atoms with Crippen LogP contribution in [0.5, 0.6) is 0 Å². The van der Waals surface area contributed by atoms with E-state index in [0.717, 1.165) is 5.56 Å². The predicted octanol–water partition coefficient (Wildman–Crippen LogP) is 1.70. The van der Waals surface area contributed by atoms with E-state index in [0.29, 0.717) is 17.5 Å². The van der Waals surface area contributed by atoms with Gasteiger partial charge in [-0.15, -0.1) is 0 Å². The minimum atomic E-state index is -3.65. The van der Waals surface area contributed by atoms with Gasteiger partial charge in [0.1, 0.15) is 5.82 Å². The van der Waals surface area contributed by atoms with Gasteiger partial charge in [-0.3, -0.25) is 4.68 Å². The fraction of sp³-hybridized carbons (Fsp3) is 0.357. The molecule has 0 spiro atoms. The van der Waals surface area contributed by atoms with Crippen LogP contribution in [0.3, 0.4) is 0 Å². The van der Waals surface area contributed by atoms with Crippen molar-refractivity contribution in [2.24, 2.45) is 7.05 Å². The average molecular weight is 311 g/mol. The zero-order valence-corrected chi connectivity index (χ0v) is 13.0. The van der Waals surface area contributed by atoms with Crippen molar-refractivity contribution in [2.75, 3.05) is 6.54 Å². The molecule has 0 radical (unpaired) electrons. The van der Waals surface area contributed by atoms with E-state index in [9.17, 15) is 12.8 Å². The Morgan fingerprint density at radius 1 is 1.29 bits per heavy atom. The summed E-state index contributed by atoms with van der Waals surface area (Å²) in [6.45, 7) is 3.45. The lowest BCUT2D eigenvalue weighted by atomic mass is 10.1. The molecule has 2 aromatic rings. The summed E-state index contributed by atoms with van der Waals surface area (Å²) in [6.07, 6.45) is 4.08. The Kier molecular flexibility index (Phi) is 4.43. The number of halogens is 1. The third-order valence-corrected chi connectivity index (χ3v) is 4.92. The van der Waals surface area contributed by atoms with Crippen molar-refractivity contribution in [2.45, 2.75) is 25.2 Å². The summed E-state index contributed by atoms with van der Waals surface area (Å²) in [4.78, 5) is 0.148. The molecule has 1 aromatic heterocycles. The summed E-state index contributed by atoms with van der Waals surface area (Å²) < 4.78 is 42.1.